The lowest BCUT2D eigenvalue weighted by Crippen LogP contribution is -2.05. The van der Waals surface area contributed by atoms with E-state index in [-0.39, 0.29) is 11.7 Å². The van der Waals surface area contributed by atoms with E-state index in [9.17, 15) is 14.3 Å². The first kappa shape index (κ1) is 13.9. The molecule has 5 heteroatoms. The van der Waals surface area contributed by atoms with Crippen molar-refractivity contribution in [2.45, 2.75) is 13.5 Å². The Morgan fingerprint density at radius 1 is 1.15 bits per heavy atom. The molecule has 0 unspecified atom stereocenters. The van der Waals surface area contributed by atoms with Crippen LogP contribution in [-0.4, -0.2) is 11.0 Å². The van der Waals surface area contributed by atoms with Gasteiger partial charge in [-0.1, -0.05) is 12.1 Å². The molecule has 0 aromatic heterocycles. The standard InChI is InChI=1S/C15H15FN2O2/c1-10(19)18-13-7-5-12(6-8-13)17-9-11-3-2-4-14(16)15(11)20/h2-8,17,20H,9H2,1H3,(H,18,19). The summed E-state index contributed by atoms with van der Waals surface area (Å²) < 4.78 is 13.2. The summed E-state index contributed by atoms with van der Waals surface area (Å²) in [4.78, 5) is 10.9. The predicted molar refractivity (Wildman–Crippen MR) is 76.1 cm³/mol. The minimum atomic E-state index is -0.634. The summed E-state index contributed by atoms with van der Waals surface area (Å²) in [6, 6.07) is 11.5. The largest absolute Gasteiger partial charge is 0.505 e. The van der Waals surface area contributed by atoms with Gasteiger partial charge in [-0.3, -0.25) is 4.79 Å². The second kappa shape index (κ2) is 6.06. The molecule has 0 fully saturated rings. The molecule has 1 amide bonds. The molecule has 0 aliphatic rings. The molecule has 0 saturated carbocycles. The van der Waals surface area contributed by atoms with Crippen LogP contribution in [0.4, 0.5) is 15.8 Å². The van der Waals surface area contributed by atoms with Crippen LogP contribution in [0, 0.1) is 5.82 Å². The number of benzene rings is 2. The number of para-hydroxylation sites is 1. The molecule has 20 heavy (non-hydrogen) atoms. The van der Waals surface area contributed by atoms with Crippen molar-refractivity contribution in [2.24, 2.45) is 0 Å². The number of aromatic hydroxyl groups is 1. The maximum atomic E-state index is 13.2. The summed E-state index contributed by atoms with van der Waals surface area (Å²) in [6.45, 7) is 1.75. The zero-order valence-electron chi connectivity index (χ0n) is 11.0. The van der Waals surface area contributed by atoms with Gasteiger partial charge in [-0.2, -0.15) is 0 Å². The molecule has 0 atom stereocenters. The number of carbonyl (C=O) groups is 1. The fourth-order valence-electron chi connectivity index (χ4n) is 1.77. The van der Waals surface area contributed by atoms with Crippen LogP contribution in [0.1, 0.15) is 12.5 Å². The number of anilines is 2. The van der Waals surface area contributed by atoms with E-state index in [0.717, 1.165) is 5.69 Å². The SMILES string of the molecule is CC(=O)Nc1ccc(NCc2cccc(F)c2O)cc1. The first-order valence-corrected chi connectivity index (χ1v) is 6.14. The molecule has 0 saturated heterocycles. The van der Waals surface area contributed by atoms with Crippen LogP contribution in [0.25, 0.3) is 0 Å². The zero-order valence-corrected chi connectivity index (χ0v) is 11.0. The Labute approximate surface area is 116 Å². The zero-order chi connectivity index (χ0) is 14.5. The Morgan fingerprint density at radius 3 is 2.45 bits per heavy atom. The van der Waals surface area contributed by atoms with Crippen molar-refractivity contribution in [3.05, 3.63) is 53.8 Å². The van der Waals surface area contributed by atoms with Crippen molar-refractivity contribution < 1.29 is 14.3 Å². The lowest BCUT2D eigenvalue weighted by Gasteiger charge is -2.09. The van der Waals surface area contributed by atoms with E-state index in [1.54, 1.807) is 36.4 Å². The van der Waals surface area contributed by atoms with E-state index >= 15 is 0 Å². The van der Waals surface area contributed by atoms with Crippen LogP contribution in [0.2, 0.25) is 0 Å². The number of carbonyl (C=O) groups excluding carboxylic acids is 1. The maximum absolute atomic E-state index is 13.2. The van der Waals surface area contributed by atoms with Crippen molar-refractivity contribution >= 4 is 17.3 Å². The van der Waals surface area contributed by atoms with Crippen molar-refractivity contribution in [3.63, 3.8) is 0 Å². The highest BCUT2D eigenvalue weighted by Crippen LogP contribution is 2.22. The number of nitrogens with one attached hydrogen (secondary N) is 2. The highest BCUT2D eigenvalue weighted by molar-refractivity contribution is 5.88. The van der Waals surface area contributed by atoms with Gasteiger partial charge in [-0.25, -0.2) is 4.39 Å². The normalized spacial score (nSPS) is 10.1. The molecule has 0 aliphatic heterocycles. The van der Waals surface area contributed by atoms with E-state index in [4.69, 9.17) is 0 Å². The number of phenolic OH excluding ortho intramolecular Hbond substituents is 1. The highest BCUT2D eigenvalue weighted by Gasteiger charge is 2.05. The minimum Gasteiger partial charge on any atom is -0.505 e. The minimum absolute atomic E-state index is 0.129. The molecule has 0 bridgehead atoms. The summed E-state index contributed by atoms with van der Waals surface area (Å²) in [6.07, 6.45) is 0. The summed E-state index contributed by atoms with van der Waals surface area (Å²) in [5, 5.41) is 15.3. The monoisotopic (exact) mass is 274 g/mol. The molecular formula is C15H15FN2O2. The molecule has 2 aromatic carbocycles. The van der Waals surface area contributed by atoms with Gasteiger partial charge in [0.05, 0.1) is 0 Å². The summed E-state index contributed by atoms with van der Waals surface area (Å²) in [7, 11) is 0. The van der Waals surface area contributed by atoms with Crippen molar-refractivity contribution in [2.75, 3.05) is 10.6 Å². The summed E-state index contributed by atoms with van der Waals surface area (Å²) in [5.74, 6) is -1.10. The second-order valence-electron chi connectivity index (χ2n) is 4.36. The van der Waals surface area contributed by atoms with Crippen molar-refractivity contribution in [1.29, 1.82) is 0 Å². The Kier molecular flexibility index (Phi) is 4.20. The number of amides is 1. The highest BCUT2D eigenvalue weighted by atomic mass is 19.1. The molecule has 2 rings (SSSR count). The Hall–Kier alpha value is -2.56. The van der Waals surface area contributed by atoms with E-state index in [1.807, 2.05) is 0 Å². The number of hydrogen-bond donors (Lipinski definition) is 3. The number of hydrogen-bond acceptors (Lipinski definition) is 3. The topological polar surface area (TPSA) is 61.4 Å². The summed E-state index contributed by atoms with van der Waals surface area (Å²) >= 11 is 0. The van der Waals surface area contributed by atoms with E-state index in [1.165, 1.54) is 13.0 Å². The average molecular weight is 274 g/mol. The van der Waals surface area contributed by atoms with Crippen molar-refractivity contribution in [1.82, 2.24) is 0 Å². The fourth-order valence-corrected chi connectivity index (χ4v) is 1.77. The van der Waals surface area contributed by atoms with Crippen LogP contribution >= 0.6 is 0 Å². The van der Waals surface area contributed by atoms with Gasteiger partial charge < -0.3 is 15.7 Å². The van der Waals surface area contributed by atoms with E-state index in [0.29, 0.717) is 17.8 Å². The molecule has 0 spiro atoms. The lowest BCUT2D eigenvalue weighted by molar-refractivity contribution is -0.114. The average Bonchev–Trinajstić information content (AvgIpc) is 2.41. The number of rotatable bonds is 4. The molecule has 104 valence electrons. The maximum Gasteiger partial charge on any atom is 0.221 e. The fraction of sp³-hybridized carbons (Fsp3) is 0.133. The van der Waals surface area contributed by atoms with Gasteiger partial charge in [0.15, 0.2) is 11.6 Å². The number of halogens is 1. The molecule has 2 aromatic rings. The van der Waals surface area contributed by atoms with Gasteiger partial charge in [0.1, 0.15) is 0 Å². The first-order chi connectivity index (χ1) is 9.56. The van der Waals surface area contributed by atoms with Crippen LogP contribution in [0.5, 0.6) is 5.75 Å². The third kappa shape index (κ3) is 3.47. The predicted octanol–water partition coefficient (Wildman–Crippen LogP) is 3.10. The van der Waals surface area contributed by atoms with Crippen LogP contribution in [0.3, 0.4) is 0 Å². The Morgan fingerprint density at radius 2 is 1.80 bits per heavy atom. The van der Waals surface area contributed by atoms with Gasteiger partial charge in [0, 0.05) is 30.4 Å². The summed E-state index contributed by atoms with van der Waals surface area (Å²) in [5.41, 5.74) is 2.00. The third-order valence-corrected chi connectivity index (χ3v) is 2.76. The quantitative estimate of drug-likeness (QED) is 0.802. The van der Waals surface area contributed by atoms with Gasteiger partial charge in [-0.15, -0.1) is 0 Å². The third-order valence-electron chi connectivity index (χ3n) is 2.76. The first-order valence-electron chi connectivity index (χ1n) is 6.14. The van der Waals surface area contributed by atoms with Gasteiger partial charge in [0.2, 0.25) is 5.91 Å². The smallest absolute Gasteiger partial charge is 0.221 e. The van der Waals surface area contributed by atoms with Crippen LogP contribution in [0.15, 0.2) is 42.5 Å². The van der Waals surface area contributed by atoms with Crippen LogP contribution in [-0.2, 0) is 11.3 Å². The Bertz CT molecular complexity index is 612. The molecule has 0 aliphatic carbocycles. The molecule has 3 N–H and O–H groups in total. The van der Waals surface area contributed by atoms with Gasteiger partial charge >= 0.3 is 0 Å². The van der Waals surface area contributed by atoms with Crippen LogP contribution < -0.4 is 10.6 Å². The molecule has 4 nitrogen and oxygen atoms in total. The molecular weight excluding hydrogens is 259 g/mol. The number of phenols is 1. The molecule has 0 heterocycles. The Balaban J connectivity index is 2.00. The van der Waals surface area contributed by atoms with Gasteiger partial charge in [-0.05, 0) is 30.3 Å². The molecule has 0 radical (unpaired) electrons. The van der Waals surface area contributed by atoms with E-state index < -0.39 is 5.82 Å². The van der Waals surface area contributed by atoms with Crippen molar-refractivity contribution in [3.8, 4) is 5.75 Å². The van der Waals surface area contributed by atoms with E-state index in [2.05, 4.69) is 10.6 Å². The lowest BCUT2D eigenvalue weighted by atomic mass is 10.2. The second-order valence-corrected chi connectivity index (χ2v) is 4.36. The van der Waals surface area contributed by atoms with Gasteiger partial charge in [0.25, 0.3) is 0 Å².